The molecule has 1 aromatic carbocycles. The number of nitrogens with two attached hydrogens (primary N) is 1. The number of carboxylic acids is 2. The fourth-order valence-corrected chi connectivity index (χ4v) is 4.77. The van der Waals surface area contributed by atoms with E-state index in [4.69, 9.17) is 20.7 Å². The second-order valence-corrected chi connectivity index (χ2v) is 9.97. The first-order chi connectivity index (χ1) is 18.0. The number of methoxy groups -OCH3 is 1. The summed E-state index contributed by atoms with van der Waals surface area (Å²) in [7, 11) is 3.22. The van der Waals surface area contributed by atoms with Crippen LogP contribution in [0.15, 0.2) is 28.8 Å². The molecule has 6 N–H and O–H groups in total. The van der Waals surface area contributed by atoms with E-state index in [0.29, 0.717) is 39.5 Å². The number of piperidine rings is 2. The van der Waals surface area contributed by atoms with E-state index in [-0.39, 0.29) is 18.0 Å². The van der Waals surface area contributed by atoms with Gasteiger partial charge in [-0.2, -0.15) is 0 Å². The standard InChI is InChI=1S/C21H32BrN5O3.C4H4O4/c1-24-21(29)27-9-3-14(4-10-27)13-26-7-5-15(6-8-26)25-20(28)16-11-17(22)18(23)12-19(16)30-2;5-3(6)1-2-4(7)8/h11-12,14-15H,3-10,13,23H2,1-2H3,(H,24,29)(H,25,28);1-2H,(H,5,6)(H,7,8)/b;2-1+. The summed E-state index contributed by atoms with van der Waals surface area (Å²) < 4.78 is 6.01. The van der Waals surface area contributed by atoms with Crippen molar-refractivity contribution in [3.8, 4) is 5.75 Å². The van der Waals surface area contributed by atoms with Crippen molar-refractivity contribution >= 4 is 45.5 Å². The Morgan fingerprint density at radius 1 is 1.05 bits per heavy atom. The molecule has 2 aliphatic heterocycles. The third-order valence-corrected chi connectivity index (χ3v) is 7.17. The molecule has 1 aromatic rings. The average Bonchev–Trinajstić information content (AvgIpc) is 2.90. The second-order valence-electron chi connectivity index (χ2n) is 9.12. The third-order valence-electron chi connectivity index (χ3n) is 6.49. The van der Waals surface area contributed by atoms with Gasteiger partial charge in [0.2, 0.25) is 0 Å². The molecule has 0 bridgehead atoms. The number of ether oxygens (including phenoxy) is 1. The Bertz CT molecular complexity index is 1000. The minimum atomic E-state index is -1.26. The number of halogens is 1. The quantitative estimate of drug-likeness (QED) is 0.232. The molecule has 13 heteroatoms. The molecule has 2 heterocycles. The summed E-state index contributed by atoms with van der Waals surface area (Å²) in [5.74, 6) is -1.53. The van der Waals surface area contributed by atoms with E-state index in [1.807, 2.05) is 4.90 Å². The van der Waals surface area contributed by atoms with E-state index in [2.05, 4.69) is 31.5 Å². The van der Waals surface area contributed by atoms with Crippen LogP contribution in [0.3, 0.4) is 0 Å². The number of urea groups is 1. The van der Waals surface area contributed by atoms with Gasteiger partial charge in [0.05, 0.1) is 12.7 Å². The van der Waals surface area contributed by atoms with Gasteiger partial charge in [-0.3, -0.25) is 4.79 Å². The highest BCUT2D eigenvalue weighted by Crippen LogP contribution is 2.29. The predicted octanol–water partition coefficient (Wildman–Crippen LogP) is 2.00. The van der Waals surface area contributed by atoms with Crippen LogP contribution in [0.2, 0.25) is 0 Å². The van der Waals surface area contributed by atoms with Crippen LogP contribution in [0.5, 0.6) is 5.75 Å². The summed E-state index contributed by atoms with van der Waals surface area (Å²) in [4.78, 5) is 48.0. The number of benzene rings is 1. The summed E-state index contributed by atoms with van der Waals surface area (Å²) in [5.41, 5.74) is 6.91. The summed E-state index contributed by atoms with van der Waals surface area (Å²) >= 11 is 3.38. The van der Waals surface area contributed by atoms with Crippen LogP contribution in [0.1, 0.15) is 36.0 Å². The molecule has 12 nitrogen and oxygen atoms in total. The number of rotatable bonds is 7. The maximum absolute atomic E-state index is 12.8. The molecule has 0 spiro atoms. The van der Waals surface area contributed by atoms with Gasteiger partial charge >= 0.3 is 18.0 Å². The average molecular weight is 598 g/mol. The summed E-state index contributed by atoms with van der Waals surface area (Å²) in [6.45, 7) is 4.68. The van der Waals surface area contributed by atoms with E-state index in [1.165, 1.54) is 7.11 Å². The molecule has 0 aliphatic carbocycles. The maximum atomic E-state index is 12.8. The van der Waals surface area contributed by atoms with E-state index < -0.39 is 11.9 Å². The van der Waals surface area contributed by atoms with Gasteiger partial charge in [0, 0.05) is 74.2 Å². The largest absolute Gasteiger partial charge is 0.496 e. The Morgan fingerprint density at radius 2 is 1.63 bits per heavy atom. The molecule has 2 fully saturated rings. The van der Waals surface area contributed by atoms with Crippen molar-refractivity contribution in [2.75, 3.05) is 52.6 Å². The highest BCUT2D eigenvalue weighted by molar-refractivity contribution is 9.10. The lowest BCUT2D eigenvalue weighted by Gasteiger charge is -2.37. The number of nitrogens with zero attached hydrogens (tertiary/aromatic N) is 2. The Balaban J connectivity index is 0.000000550. The van der Waals surface area contributed by atoms with Crippen LogP contribution in [0, 0.1) is 5.92 Å². The SMILES string of the molecule is CNC(=O)N1CCC(CN2CCC(NC(=O)c3cc(Br)c(N)cc3OC)CC2)CC1.O=C(O)/C=C/C(=O)O. The Kier molecular flexibility index (Phi) is 12.3. The molecule has 210 valence electrons. The number of amides is 3. The molecule has 3 rings (SSSR count). The first-order valence-electron chi connectivity index (χ1n) is 12.3. The lowest BCUT2D eigenvalue weighted by molar-refractivity contribution is -0.134. The number of nitrogen functional groups attached to an aromatic ring is 1. The highest BCUT2D eigenvalue weighted by Gasteiger charge is 2.27. The van der Waals surface area contributed by atoms with Crippen LogP contribution >= 0.6 is 15.9 Å². The molecule has 2 saturated heterocycles. The van der Waals surface area contributed by atoms with Crippen molar-refractivity contribution in [3.05, 3.63) is 34.3 Å². The fourth-order valence-electron chi connectivity index (χ4n) is 4.42. The van der Waals surface area contributed by atoms with E-state index >= 15 is 0 Å². The summed E-state index contributed by atoms with van der Waals surface area (Å²) in [6.07, 6.45) is 5.08. The maximum Gasteiger partial charge on any atom is 0.328 e. The third kappa shape index (κ3) is 9.86. The van der Waals surface area contributed by atoms with Gasteiger partial charge in [-0.15, -0.1) is 0 Å². The molecule has 0 unspecified atom stereocenters. The van der Waals surface area contributed by atoms with Crippen molar-refractivity contribution in [2.45, 2.75) is 31.7 Å². The van der Waals surface area contributed by atoms with Crippen LogP contribution < -0.4 is 21.1 Å². The first-order valence-corrected chi connectivity index (χ1v) is 13.1. The van der Waals surface area contributed by atoms with Gasteiger partial charge in [-0.1, -0.05) is 0 Å². The Morgan fingerprint density at radius 3 is 2.13 bits per heavy atom. The lowest BCUT2D eigenvalue weighted by atomic mass is 9.95. The number of carboxylic acid groups (broad SMARTS) is 2. The van der Waals surface area contributed by atoms with Crippen molar-refractivity contribution in [1.82, 2.24) is 20.4 Å². The normalized spacial score (nSPS) is 16.9. The second kappa shape index (κ2) is 15.2. The molecule has 0 atom stereocenters. The van der Waals surface area contributed by atoms with Crippen LogP contribution in [0.4, 0.5) is 10.5 Å². The molecule has 3 amide bonds. The zero-order valence-corrected chi connectivity index (χ0v) is 23.2. The molecular formula is C25H36BrN5O7. The van der Waals surface area contributed by atoms with Gasteiger partial charge in [0.1, 0.15) is 5.75 Å². The molecule has 2 aliphatic rings. The lowest BCUT2D eigenvalue weighted by Crippen LogP contribution is -2.48. The number of carbonyl (C=O) groups is 4. The highest BCUT2D eigenvalue weighted by atomic mass is 79.9. The summed E-state index contributed by atoms with van der Waals surface area (Å²) in [6, 6.07) is 3.56. The van der Waals surface area contributed by atoms with E-state index in [0.717, 1.165) is 58.4 Å². The minimum absolute atomic E-state index is 0.0229. The smallest absolute Gasteiger partial charge is 0.328 e. The molecule has 0 aromatic heterocycles. The predicted molar refractivity (Wildman–Crippen MR) is 145 cm³/mol. The number of nitrogens with one attached hydrogen (secondary N) is 2. The van der Waals surface area contributed by atoms with Crippen LogP contribution in [-0.4, -0.2) is 96.8 Å². The molecule has 0 saturated carbocycles. The number of aliphatic carboxylic acids is 2. The minimum Gasteiger partial charge on any atom is -0.496 e. The van der Waals surface area contributed by atoms with Gasteiger partial charge < -0.3 is 41.1 Å². The Hall–Kier alpha value is -3.32. The summed E-state index contributed by atoms with van der Waals surface area (Å²) in [5, 5.41) is 21.5. The van der Waals surface area contributed by atoms with Crippen molar-refractivity contribution in [1.29, 1.82) is 0 Å². The van der Waals surface area contributed by atoms with Gasteiger partial charge in [0.15, 0.2) is 0 Å². The van der Waals surface area contributed by atoms with E-state index in [1.54, 1.807) is 19.2 Å². The fraction of sp³-hybridized carbons (Fsp3) is 0.520. The van der Waals surface area contributed by atoms with Crippen LogP contribution in [-0.2, 0) is 9.59 Å². The van der Waals surface area contributed by atoms with E-state index in [9.17, 15) is 19.2 Å². The molecular weight excluding hydrogens is 562 g/mol. The Labute approximate surface area is 230 Å². The topological polar surface area (TPSA) is 175 Å². The van der Waals surface area contributed by atoms with Gasteiger partial charge in [-0.05, 0) is 53.6 Å². The molecule has 38 heavy (non-hydrogen) atoms. The van der Waals surface area contributed by atoms with Crippen molar-refractivity contribution in [3.63, 3.8) is 0 Å². The number of hydrogen-bond acceptors (Lipinski definition) is 7. The van der Waals surface area contributed by atoms with Crippen molar-refractivity contribution < 1.29 is 34.1 Å². The van der Waals surface area contributed by atoms with Crippen molar-refractivity contribution in [2.24, 2.45) is 5.92 Å². The first kappa shape index (κ1) is 30.9. The zero-order chi connectivity index (χ0) is 28.2. The monoisotopic (exact) mass is 597 g/mol. The number of hydrogen-bond donors (Lipinski definition) is 5. The zero-order valence-electron chi connectivity index (χ0n) is 21.6. The van der Waals surface area contributed by atoms with Gasteiger partial charge in [0.25, 0.3) is 5.91 Å². The molecule has 0 radical (unpaired) electrons. The number of anilines is 1. The van der Waals surface area contributed by atoms with Crippen LogP contribution in [0.25, 0.3) is 0 Å². The number of likely N-dealkylation sites (tertiary alicyclic amines) is 2. The number of carbonyl (C=O) groups excluding carboxylic acids is 2. The van der Waals surface area contributed by atoms with Gasteiger partial charge in [-0.25, -0.2) is 14.4 Å².